The minimum atomic E-state index is 0.966. The van der Waals surface area contributed by atoms with E-state index >= 15 is 0 Å². The van der Waals surface area contributed by atoms with Crippen molar-refractivity contribution in [2.75, 3.05) is 11.9 Å². The second-order valence-electron chi connectivity index (χ2n) is 3.03. The summed E-state index contributed by atoms with van der Waals surface area (Å²) in [5, 5.41) is 13.5. The van der Waals surface area contributed by atoms with Crippen LogP contribution in [-0.2, 0) is 6.42 Å². The lowest BCUT2D eigenvalue weighted by molar-refractivity contribution is 0.779. The third-order valence-corrected chi connectivity index (χ3v) is 2.68. The molecule has 0 aliphatic heterocycles. The van der Waals surface area contributed by atoms with E-state index in [4.69, 9.17) is 0 Å². The largest absolute Gasteiger partial charge is 0.360 e. The lowest BCUT2D eigenvalue weighted by Crippen LogP contribution is -1.98. The highest BCUT2D eigenvalue weighted by Crippen LogP contribution is 2.16. The first-order chi connectivity index (χ1) is 6.36. The first-order valence-corrected chi connectivity index (χ1v) is 5.74. The molecule has 0 radical (unpaired) electrons. The van der Waals surface area contributed by atoms with Gasteiger partial charge in [-0.3, -0.25) is 0 Å². The topological polar surface area (TPSA) is 37.8 Å². The monoisotopic (exact) mass is 199 g/mol. The SMILES string of the molecule is CCCCc1nnc(NCCC)s1. The Kier molecular flexibility index (Phi) is 4.75. The molecule has 1 aromatic rings. The summed E-state index contributed by atoms with van der Waals surface area (Å²) < 4.78 is 0. The van der Waals surface area contributed by atoms with Gasteiger partial charge in [-0.1, -0.05) is 31.6 Å². The number of hydrogen-bond acceptors (Lipinski definition) is 4. The molecule has 0 bridgehead atoms. The van der Waals surface area contributed by atoms with Crippen LogP contribution < -0.4 is 5.32 Å². The fourth-order valence-electron chi connectivity index (χ4n) is 0.986. The summed E-state index contributed by atoms with van der Waals surface area (Å²) in [4.78, 5) is 0. The van der Waals surface area contributed by atoms with Crippen LogP contribution >= 0.6 is 11.3 Å². The highest BCUT2D eigenvalue weighted by Gasteiger charge is 2.01. The molecule has 0 atom stereocenters. The van der Waals surface area contributed by atoms with Gasteiger partial charge in [-0.15, -0.1) is 10.2 Å². The molecular formula is C9H17N3S. The van der Waals surface area contributed by atoms with Crippen LogP contribution in [0.3, 0.4) is 0 Å². The predicted molar refractivity (Wildman–Crippen MR) is 57.3 cm³/mol. The summed E-state index contributed by atoms with van der Waals surface area (Å²) >= 11 is 1.68. The Morgan fingerprint density at radius 3 is 2.77 bits per heavy atom. The molecule has 1 rings (SSSR count). The maximum Gasteiger partial charge on any atom is 0.205 e. The first kappa shape index (κ1) is 10.4. The highest BCUT2D eigenvalue weighted by atomic mass is 32.1. The molecule has 0 aliphatic carbocycles. The lowest BCUT2D eigenvalue weighted by Gasteiger charge is -1.95. The molecule has 0 saturated carbocycles. The van der Waals surface area contributed by atoms with Crippen molar-refractivity contribution in [2.24, 2.45) is 0 Å². The third-order valence-electron chi connectivity index (χ3n) is 1.74. The molecule has 1 heterocycles. The number of aryl methyl sites for hydroxylation is 1. The first-order valence-electron chi connectivity index (χ1n) is 4.93. The van der Waals surface area contributed by atoms with Crippen molar-refractivity contribution < 1.29 is 0 Å². The second kappa shape index (κ2) is 5.91. The van der Waals surface area contributed by atoms with Crippen molar-refractivity contribution in [3.8, 4) is 0 Å². The highest BCUT2D eigenvalue weighted by molar-refractivity contribution is 7.15. The molecule has 0 amide bonds. The van der Waals surface area contributed by atoms with Gasteiger partial charge in [0.05, 0.1) is 0 Å². The fraction of sp³-hybridized carbons (Fsp3) is 0.778. The summed E-state index contributed by atoms with van der Waals surface area (Å²) in [5.74, 6) is 0. The van der Waals surface area contributed by atoms with Gasteiger partial charge in [0.15, 0.2) is 0 Å². The van der Waals surface area contributed by atoms with Gasteiger partial charge >= 0.3 is 0 Å². The molecule has 74 valence electrons. The number of anilines is 1. The van der Waals surface area contributed by atoms with E-state index in [9.17, 15) is 0 Å². The zero-order valence-corrected chi connectivity index (χ0v) is 9.15. The van der Waals surface area contributed by atoms with Crippen LogP contribution in [0.5, 0.6) is 0 Å². The summed E-state index contributed by atoms with van der Waals surface area (Å²) in [6, 6.07) is 0. The molecule has 3 nitrogen and oxygen atoms in total. The van der Waals surface area contributed by atoms with E-state index < -0.39 is 0 Å². The Bertz CT molecular complexity index is 212. The normalized spacial score (nSPS) is 10.3. The third kappa shape index (κ3) is 3.72. The van der Waals surface area contributed by atoms with Crippen molar-refractivity contribution >= 4 is 16.5 Å². The Morgan fingerprint density at radius 2 is 2.08 bits per heavy atom. The Hall–Kier alpha value is -0.640. The van der Waals surface area contributed by atoms with Gasteiger partial charge in [0.25, 0.3) is 0 Å². The molecule has 1 aromatic heterocycles. The number of nitrogens with one attached hydrogen (secondary N) is 1. The van der Waals surface area contributed by atoms with E-state index in [2.05, 4.69) is 29.4 Å². The smallest absolute Gasteiger partial charge is 0.205 e. The molecule has 0 unspecified atom stereocenters. The fourth-order valence-corrected chi connectivity index (χ4v) is 1.79. The molecule has 0 fully saturated rings. The van der Waals surface area contributed by atoms with E-state index in [0.717, 1.165) is 29.5 Å². The second-order valence-corrected chi connectivity index (χ2v) is 4.09. The van der Waals surface area contributed by atoms with Gasteiger partial charge in [-0.05, 0) is 12.8 Å². The molecular weight excluding hydrogens is 182 g/mol. The van der Waals surface area contributed by atoms with Crippen molar-refractivity contribution in [3.63, 3.8) is 0 Å². The van der Waals surface area contributed by atoms with Gasteiger partial charge in [0.1, 0.15) is 5.01 Å². The van der Waals surface area contributed by atoms with Gasteiger partial charge in [-0.2, -0.15) is 0 Å². The Balaban J connectivity index is 2.34. The summed E-state index contributed by atoms with van der Waals surface area (Å²) in [6.07, 6.45) is 4.63. The number of unbranched alkanes of at least 4 members (excludes halogenated alkanes) is 1. The summed E-state index contributed by atoms with van der Waals surface area (Å²) in [6.45, 7) is 5.33. The molecule has 13 heavy (non-hydrogen) atoms. The van der Waals surface area contributed by atoms with Crippen molar-refractivity contribution in [1.82, 2.24) is 10.2 Å². The maximum atomic E-state index is 4.11. The lowest BCUT2D eigenvalue weighted by atomic mass is 10.3. The Morgan fingerprint density at radius 1 is 1.23 bits per heavy atom. The van der Waals surface area contributed by atoms with E-state index in [1.165, 1.54) is 12.8 Å². The van der Waals surface area contributed by atoms with Crippen molar-refractivity contribution in [2.45, 2.75) is 39.5 Å². The van der Waals surface area contributed by atoms with Crippen LogP contribution in [0.15, 0.2) is 0 Å². The number of hydrogen-bond donors (Lipinski definition) is 1. The molecule has 1 N–H and O–H groups in total. The predicted octanol–water partition coefficient (Wildman–Crippen LogP) is 2.70. The number of rotatable bonds is 6. The van der Waals surface area contributed by atoms with Gasteiger partial charge in [0.2, 0.25) is 5.13 Å². The van der Waals surface area contributed by atoms with Crippen molar-refractivity contribution in [3.05, 3.63) is 5.01 Å². The van der Waals surface area contributed by atoms with Gasteiger partial charge < -0.3 is 5.32 Å². The molecule has 0 saturated heterocycles. The molecule has 4 heteroatoms. The summed E-state index contributed by atoms with van der Waals surface area (Å²) in [5.41, 5.74) is 0. The van der Waals surface area contributed by atoms with Crippen LogP contribution in [0.2, 0.25) is 0 Å². The van der Waals surface area contributed by atoms with Gasteiger partial charge in [0, 0.05) is 13.0 Å². The number of nitrogens with zero attached hydrogens (tertiary/aromatic N) is 2. The maximum absolute atomic E-state index is 4.11. The van der Waals surface area contributed by atoms with Crippen LogP contribution in [0, 0.1) is 0 Å². The quantitative estimate of drug-likeness (QED) is 0.765. The number of aromatic nitrogens is 2. The van der Waals surface area contributed by atoms with Gasteiger partial charge in [-0.25, -0.2) is 0 Å². The summed E-state index contributed by atoms with van der Waals surface area (Å²) in [7, 11) is 0. The van der Waals surface area contributed by atoms with E-state index in [1.807, 2.05) is 0 Å². The van der Waals surface area contributed by atoms with E-state index in [1.54, 1.807) is 11.3 Å². The van der Waals surface area contributed by atoms with Crippen LogP contribution in [0.4, 0.5) is 5.13 Å². The Labute approximate surface area is 83.6 Å². The van der Waals surface area contributed by atoms with Crippen LogP contribution in [0.25, 0.3) is 0 Å². The minimum absolute atomic E-state index is 0.966. The van der Waals surface area contributed by atoms with Crippen LogP contribution in [-0.4, -0.2) is 16.7 Å². The van der Waals surface area contributed by atoms with E-state index in [0.29, 0.717) is 0 Å². The molecule has 0 aliphatic rings. The average molecular weight is 199 g/mol. The zero-order valence-electron chi connectivity index (χ0n) is 8.34. The standard InChI is InChI=1S/C9H17N3S/c1-3-5-6-8-11-12-9(13-8)10-7-4-2/h3-7H2,1-2H3,(H,10,12). The molecule has 0 spiro atoms. The van der Waals surface area contributed by atoms with Crippen molar-refractivity contribution in [1.29, 1.82) is 0 Å². The minimum Gasteiger partial charge on any atom is -0.360 e. The van der Waals surface area contributed by atoms with E-state index in [-0.39, 0.29) is 0 Å². The molecule has 0 aromatic carbocycles. The van der Waals surface area contributed by atoms with Crippen LogP contribution in [0.1, 0.15) is 38.1 Å². The average Bonchev–Trinajstić information content (AvgIpc) is 2.59. The zero-order chi connectivity index (χ0) is 9.52.